The van der Waals surface area contributed by atoms with Crippen molar-refractivity contribution in [2.24, 2.45) is 0 Å². The third-order valence-electron chi connectivity index (χ3n) is 11.1. The van der Waals surface area contributed by atoms with Gasteiger partial charge in [-0.3, -0.25) is 9.80 Å². The van der Waals surface area contributed by atoms with Crippen molar-refractivity contribution in [3.63, 3.8) is 0 Å². The zero-order chi connectivity index (χ0) is 39.0. The summed E-state index contributed by atoms with van der Waals surface area (Å²) in [6, 6.07) is 62.5. The number of anilines is 5. The summed E-state index contributed by atoms with van der Waals surface area (Å²) in [4.78, 5) is 14.0. The lowest BCUT2D eigenvalue weighted by atomic mass is 9.87. The van der Waals surface area contributed by atoms with Crippen LogP contribution in [0.25, 0.3) is 49.5 Å². The number of nitriles is 2. The monoisotopic (exact) mass is 742 g/mol. The Labute approximate surface area is 336 Å². The van der Waals surface area contributed by atoms with Crippen LogP contribution >= 0.6 is 0 Å². The Hall–Kier alpha value is -8.06. The molecule has 1 aliphatic carbocycles. The molecule has 6 nitrogen and oxygen atoms in total. The molecule has 0 unspecified atom stereocenters. The van der Waals surface area contributed by atoms with Crippen LogP contribution in [0.4, 0.5) is 28.7 Å². The highest BCUT2D eigenvalue weighted by Gasteiger charge is 2.27. The Morgan fingerprint density at radius 1 is 0.448 bits per heavy atom. The highest BCUT2D eigenvalue weighted by molar-refractivity contribution is 6.17. The molecule has 9 aromatic rings. The van der Waals surface area contributed by atoms with E-state index in [2.05, 4.69) is 101 Å². The minimum atomic E-state index is 0.551. The van der Waals surface area contributed by atoms with Crippen molar-refractivity contribution in [3.05, 3.63) is 204 Å². The number of hydrogen-bond acceptors (Lipinski definition) is 6. The van der Waals surface area contributed by atoms with E-state index in [-0.39, 0.29) is 0 Å². The first-order chi connectivity index (χ1) is 28.7. The van der Waals surface area contributed by atoms with Gasteiger partial charge in [0, 0.05) is 28.7 Å². The van der Waals surface area contributed by atoms with Gasteiger partial charge >= 0.3 is 0 Å². The van der Waals surface area contributed by atoms with Crippen LogP contribution in [-0.2, 0) is 6.42 Å². The molecule has 0 spiro atoms. The van der Waals surface area contributed by atoms with Gasteiger partial charge in [-0.1, -0.05) is 115 Å². The molecular weight excluding hydrogens is 709 g/mol. The Morgan fingerprint density at radius 2 is 1.00 bits per heavy atom. The average Bonchev–Trinajstić information content (AvgIpc) is 3.30. The molecule has 0 amide bonds. The summed E-state index contributed by atoms with van der Waals surface area (Å²) in [6.45, 7) is 0. The molecule has 2 heterocycles. The minimum Gasteiger partial charge on any atom is -0.297 e. The molecule has 6 heteroatoms. The molecule has 0 radical (unpaired) electrons. The van der Waals surface area contributed by atoms with Crippen LogP contribution in [0, 0.1) is 22.7 Å². The standard InChI is InChI=1S/C52H34N6/c53-33-41-31-39(35-11-3-1-4-12-35)21-25-45(41)57(49-15-7-9-29-55-49)47-27-19-37-18-24-44-48(28-20-38-17-23-43(47)51(37)52(38)44)58(50-16-8-10-30-56-50)46-26-22-40(32-42(46)34-54)36-13-5-2-6-14-36/h1-19,21-27,29-32H,20,28H2. The van der Waals surface area contributed by atoms with Crippen molar-refractivity contribution in [2.45, 2.75) is 12.8 Å². The first-order valence-electron chi connectivity index (χ1n) is 19.3. The first-order valence-corrected chi connectivity index (χ1v) is 19.3. The van der Waals surface area contributed by atoms with Gasteiger partial charge in [-0.25, -0.2) is 9.97 Å². The second-order valence-electron chi connectivity index (χ2n) is 14.4. The highest BCUT2D eigenvalue weighted by Crippen LogP contribution is 2.44. The quantitative estimate of drug-likeness (QED) is 0.154. The third-order valence-corrected chi connectivity index (χ3v) is 11.1. The Balaban J connectivity index is 1.20. The van der Waals surface area contributed by atoms with Gasteiger partial charge in [0.05, 0.1) is 28.2 Å². The van der Waals surface area contributed by atoms with Gasteiger partial charge in [-0.2, -0.15) is 10.5 Å². The van der Waals surface area contributed by atoms with E-state index in [1.54, 1.807) is 12.4 Å². The number of pyridine rings is 2. The van der Waals surface area contributed by atoms with Crippen LogP contribution in [-0.4, -0.2) is 9.97 Å². The van der Waals surface area contributed by atoms with Gasteiger partial charge in [0.1, 0.15) is 23.8 Å². The van der Waals surface area contributed by atoms with Crippen molar-refractivity contribution in [1.82, 2.24) is 9.97 Å². The Kier molecular flexibility index (Phi) is 8.63. The molecule has 0 atom stereocenters. The fourth-order valence-electron chi connectivity index (χ4n) is 8.48. The predicted molar refractivity (Wildman–Crippen MR) is 234 cm³/mol. The zero-order valence-corrected chi connectivity index (χ0v) is 31.4. The van der Waals surface area contributed by atoms with Crippen LogP contribution < -0.4 is 15.0 Å². The molecule has 0 saturated carbocycles. The summed E-state index contributed by atoms with van der Waals surface area (Å²) in [7, 11) is 0. The van der Waals surface area contributed by atoms with Crippen molar-refractivity contribution in [3.8, 4) is 34.4 Å². The zero-order valence-electron chi connectivity index (χ0n) is 31.4. The van der Waals surface area contributed by atoms with Gasteiger partial charge in [-0.05, 0) is 111 Å². The SMILES string of the molecule is N#Cc1cc(-c2ccccc2)ccc1N(C1=c2ccc3ccc(N(c4ccccn4)c4ccc(-c5ccccc5)cc4C#N)c4ccc(c2c34)CC1)c1ccccn1. The van der Waals surface area contributed by atoms with Gasteiger partial charge in [0.15, 0.2) is 0 Å². The van der Waals surface area contributed by atoms with Gasteiger partial charge in [0.2, 0.25) is 0 Å². The van der Waals surface area contributed by atoms with Gasteiger partial charge in [-0.15, -0.1) is 0 Å². The van der Waals surface area contributed by atoms with Crippen molar-refractivity contribution >= 4 is 55.9 Å². The smallest absolute Gasteiger partial charge is 0.137 e. The van der Waals surface area contributed by atoms with E-state index in [1.807, 2.05) is 91.0 Å². The van der Waals surface area contributed by atoms with E-state index in [0.29, 0.717) is 16.9 Å². The Bertz CT molecular complexity index is 3130. The molecule has 0 N–H and O–H groups in total. The summed E-state index contributed by atoms with van der Waals surface area (Å²) in [5.41, 5.74) is 10.0. The van der Waals surface area contributed by atoms with Crippen molar-refractivity contribution in [1.29, 1.82) is 10.5 Å². The van der Waals surface area contributed by atoms with E-state index < -0.39 is 0 Å². The molecule has 0 bridgehead atoms. The van der Waals surface area contributed by atoms with Crippen LogP contribution in [0.1, 0.15) is 23.1 Å². The summed E-state index contributed by atoms with van der Waals surface area (Å²) >= 11 is 0. The summed E-state index contributed by atoms with van der Waals surface area (Å²) in [6.07, 6.45) is 5.17. The molecule has 7 aromatic carbocycles. The van der Waals surface area contributed by atoms with E-state index in [9.17, 15) is 10.5 Å². The lowest BCUT2D eigenvalue weighted by Gasteiger charge is -2.31. The summed E-state index contributed by atoms with van der Waals surface area (Å²) in [5, 5.41) is 26.9. The number of aromatic nitrogens is 2. The molecule has 0 fully saturated rings. The maximum Gasteiger partial charge on any atom is 0.137 e. The van der Waals surface area contributed by atoms with Gasteiger partial charge in [0.25, 0.3) is 0 Å². The van der Waals surface area contributed by atoms with E-state index in [1.165, 1.54) is 10.9 Å². The second-order valence-corrected chi connectivity index (χ2v) is 14.4. The van der Waals surface area contributed by atoms with Gasteiger partial charge < -0.3 is 0 Å². The largest absolute Gasteiger partial charge is 0.297 e. The minimum absolute atomic E-state index is 0.551. The highest BCUT2D eigenvalue weighted by atomic mass is 15.2. The fourth-order valence-corrected chi connectivity index (χ4v) is 8.48. The average molecular weight is 743 g/mol. The molecular formula is C52H34N6. The number of hydrogen-bond donors (Lipinski definition) is 0. The van der Waals surface area contributed by atoms with E-state index in [0.717, 1.165) is 85.0 Å². The van der Waals surface area contributed by atoms with Crippen LogP contribution in [0.15, 0.2) is 182 Å². The molecule has 58 heavy (non-hydrogen) atoms. The fraction of sp³-hybridized carbons (Fsp3) is 0.0385. The number of rotatable bonds is 8. The van der Waals surface area contributed by atoms with E-state index >= 15 is 0 Å². The molecule has 0 aliphatic heterocycles. The lowest BCUT2D eigenvalue weighted by molar-refractivity contribution is 0.965. The van der Waals surface area contributed by atoms with Crippen LogP contribution in [0.5, 0.6) is 0 Å². The maximum absolute atomic E-state index is 10.6. The van der Waals surface area contributed by atoms with Crippen molar-refractivity contribution in [2.75, 3.05) is 9.80 Å². The molecule has 10 rings (SSSR count). The normalized spacial score (nSPS) is 11.9. The summed E-state index contributed by atoms with van der Waals surface area (Å²) < 4.78 is 0. The molecule has 2 aromatic heterocycles. The molecule has 272 valence electrons. The second kappa shape index (κ2) is 14.5. The number of nitrogens with zero attached hydrogens (tertiary/aromatic N) is 6. The van der Waals surface area contributed by atoms with Crippen molar-refractivity contribution < 1.29 is 0 Å². The summed E-state index contributed by atoms with van der Waals surface area (Å²) in [5.74, 6) is 1.47. The first kappa shape index (κ1) is 34.4. The lowest BCUT2D eigenvalue weighted by Crippen LogP contribution is -2.28. The molecule has 1 aliphatic rings. The number of aryl methyl sites for hydroxylation is 1. The van der Waals surface area contributed by atoms with Crippen LogP contribution in [0.2, 0.25) is 0 Å². The third kappa shape index (κ3) is 5.89. The van der Waals surface area contributed by atoms with Crippen LogP contribution in [0.3, 0.4) is 0 Å². The Morgan fingerprint density at radius 3 is 1.59 bits per heavy atom. The maximum atomic E-state index is 10.6. The number of benzene rings is 7. The topological polar surface area (TPSA) is 79.8 Å². The van der Waals surface area contributed by atoms with E-state index in [4.69, 9.17) is 9.97 Å². The molecule has 0 saturated heterocycles. The predicted octanol–water partition coefficient (Wildman–Crippen LogP) is 11.9.